The smallest absolute Gasteiger partial charge is 0.244 e. The van der Waals surface area contributed by atoms with E-state index in [-0.39, 0.29) is 29.2 Å². The Morgan fingerprint density at radius 2 is 1.79 bits per heavy atom. The molecule has 0 atom stereocenters. The molecule has 0 radical (unpaired) electrons. The minimum absolute atomic E-state index is 0.0506. The molecule has 1 fully saturated rings. The summed E-state index contributed by atoms with van der Waals surface area (Å²) >= 11 is 5.73. The van der Waals surface area contributed by atoms with Gasteiger partial charge in [-0.25, -0.2) is 18.3 Å². The summed E-state index contributed by atoms with van der Waals surface area (Å²) in [6, 6.07) is 9.65. The van der Waals surface area contributed by atoms with E-state index in [9.17, 15) is 17.6 Å². The van der Waals surface area contributed by atoms with Gasteiger partial charge in [-0.3, -0.25) is 10.0 Å². The van der Waals surface area contributed by atoms with Crippen LogP contribution < -0.4 is 15.5 Å². The number of halogens is 2. The van der Waals surface area contributed by atoms with Crippen LogP contribution in [0.1, 0.15) is 19.3 Å². The Balaban J connectivity index is 1.86. The molecule has 1 amide bonds. The van der Waals surface area contributed by atoms with Crippen molar-refractivity contribution < 1.29 is 27.5 Å². The van der Waals surface area contributed by atoms with Crippen LogP contribution in [0.25, 0.3) is 0 Å². The lowest BCUT2D eigenvalue weighted by Crippen LogP contribution is -2.50. The SMILES string of the molecule is O=C(CC1(S(=O)(=O)c2ccc(Oc3ccc(F)c(Cl)c3)cc2)CCNCC1)NO. The molecular formula is C19H20ClFN2O5S. The molecule has 0 spiro atoms. The molecule has 29 heavy (non-hydrogen) atoms. The van der Waals surface area contributed by atoms with Crippen molar-refractivity contribution in [2.24, 2.45) is 0 Å². The molecule has 1 heterocycles. The standard InChI is InChI=1S/C19H20ClFN2O5S/c20-16-11-14(3-6-17(16)21)28-13-1-4-15(5-2-13)29(26,27)19(12-18(24)23-25)7-9-22-10-8-19/h1-6,11,22,25H,7-10,12H2,(H,23,24). The Morgan fingerprint density at radius 1 is 1.17 bits per heavy atom. The molecule has 1 aliphatic rings. The number of hydroxylamine groups is 1. The number of ether oxygens (including phenoxy) is 1. The van der Waals surface area contributed by atoms with Gasteiger partial charge < -0.3 is 10.1 Å². The molecular weight excluding hydrogens is 423 g/mol. The lowest BCUT2D eigenvalue weighted by atomic mass is 9.93. The summed E-state index contributed by atoms with van der Waals surface area (Å²) in [5, 5.41) is 11.9. The van der Waals surface area contributed by atoms with E-state index in [2.05, 4.69) is 5.32 Å². The quantitative estimate of drug-likeness (QED) is 0.469. The van der Waals surface area contributed by atoms with Gasteiger partial charge in [0.15, 0.2) is 9.84 Å². The number of amides is 1. The third-order valence-electron chi connectivity index (χ3n) is 4.95. The minimum atomic E-state index is -3.87. The first-order valence-electron chi connectivity index (χ1n) is 8.89. The molecule has 2 aromatic carbocycles. The Morgan fingerprint density at radius 3 is 2.38 bits per heavy atom. The minimum Gasteiger partial charge on any atom is -0.457 e. The topological polar surface area (TPSA) is 105 Å². The fourth-order valence-electron chi connectivity index (χ4n) is 3.37. The van der Waals surface area contributed by atoms with Crippen molar-refractivity contribution in [1.29, 1.82) is 0 Å². The van der Waals surface area contributed by atoms with E-state index in [1.54, 1.807) is 0 Å². The average molecular weight is 443 g/mol. The van der Waals surface area contributed by atoms with E-state index in [1.807, 2.05) is 0 Å². The summed E-state index contributed by atoms with van der Waals surface area (Å²) in [4.78, 5) is 11.8. The fourth-order valence-corrected chi connectivity index (χ4v) is 5.60. The summed E-state index contributed by atoms with van der Waals surface area (Å²) in [5.41, 5.74) is 1.52. The largest absolute Gasteiger partial charge is 0.457 e. The lowest BCUT2D eigenvalue weighted by molar-refractivity contribution is -0.130. The zero-order chi connectivity index (χ0) is 21.1. The second-order valence-electron chi connectivity index (χ2n) is 6.80. The third-order valence-corrected chi connectivity index (χ3v) is 7.83. The number of piperidine rings is 1. The molecule has 3 rings (SSSR count). The van der Waals surface area contributed by atoms with Crippen LogP contribution >= 0.6 is 11.6 Å². The zero-order valence-corrected chi connectivity index (χ0v) is 16.9. The Hall–Kier alpha value is -2.20. The number of benzene rings is 2. The van der Waals surface area contributed by atoms with Crippen molar-refractivity contribution in [2.75, 3.05) is 13.1 Å². The first kappa shape index (κ1) is 21.5. The molecule has 2 aromatic rings. The van der Waals surface area contributed by atoms with E-state index >= 15 is 0 Å². The van der Waals surface area contributed by atoms with Crippen molar-refractivity contribution in [3.63, 3.8) is 0 Å². The first-order chi connectivity index (χ1) is 13.8. The summed E-state index contributed by atoms with van der Waals surface area (Å²) in [6.45, 7) is 0.898. The second-order valence-corrected chi connectivity index (χ2v) is 9.55. The molecule has 1 saturated heterocycles. The number of hydrogen-bond acceptors (Lipinski definition) is 6. The maximum Gasteiger partial charge on any atom is 0.244 e. The molecule has 3 N–H and O–H groups in total. The molecule has 7 nitrogen and oxygen atoms in total. The Labute approximate surface area is 172 Å². The number of sulfone groups is 1. The summed E-state index contributed by atoms with van der Waals surface area (Å²) in [6.07, 6.45) is 0.157. The molecule has 0 saturated carbocycles. The third kappa shape index (κ3) is 4.53. The summed E-state index contributed by atoms with van der Waals surface area (Å²) in [5.74, 6) is -0.663. The van der Waals surface area contributed by atoms with Gasteiger partial charge in [-0.1, -0.05) is 11.6 Å². The lowest BCUT2D eigenvalue weighted by Gasteiger charge is -2.36. The predicted molar refractivity (Wildman–Crippen MR) is 104 cm³/mol. The van der Waals surface area contributed by atoms with Gasteiger partial charge in [0.25, 0.3) is 0 Å². The monoisotopic (exact) mass is 442 g/mol. The number of hydrogen-bond donors (Lipinski definition) is 3. The molecule has 1 aliphatic heterocycles. The predicted octanol–water partition coefficient (Wildman–Crippen LogP) is 3.06. The van der Waals surface area contributed by atoms with Crippen LogP contribution in [0.2, 0.25) is 5.02 Å². The summed E-state index contributed by atoms with van der Waals surface area (Å²) < 4.78 is 44.2. The average Bonchev–Trinajstić information content (AvgIpc) is 2.71. The van der Waals surface area contributed by atoms with Gasteiger partial charge in [-0.2, -0.15) is 0 Å². The van der Waals surface area contributed by atoms with Crippen LogP contribution in [0.15, 0.2) is 47.4 Å². The normalized spacial score (nSPS) is 16.2. The van der Waals surface area contributed by atoms with Gasteiger partial charge in [0, 0.05) is 12.5 Å². The number of carbonyl (C=O) groups excluding carboxylic acids is 1. The van der Waals surface area contributed by atoms with E-state index in [4.69, 9.17) is 21.5 Å². The van der Waals surface area contributed by atoms with Crippen molar-refractivity contribution >= 4 is 27.3 Å². The van der Waals surface area contributed by atoms with Crippen molar-refractivity contribution in [1.82, 2.24) is 10.8 Å². The van der Waals surface area contributed by atoms with Crippen molar-refractivity contribution in [3.8, 4) is 11.5 Å². The van der Waals surface area contributed by atoms with Gasteiger partial charge >= 0.3 is 0 Å². The molecule has 0 aromatic heterocycles. The molecule has 0 bridgehead atoms. The van der Waals surface area contributed by atoms with Gasteiger partial charge in [-0.05, 0) is 62.3 Å². The fraction of sp³-hybridized carbons (Fsp3) is 0.316. The second kappa shape index (κ2) is 8.66. The number of carbonyl (C=O) groups is 1. The van der Waals surface area contributed by atoms with Gasteiger partial charge in [0.05, 0.1) is 14.7 Å². The number of rotatable bonds is 6. The number of nitrogens with one attached hydrogen (secondary N) is 2. The highest BCUT2D eigenvalue weighted by atomic mass is 35.5. The maximum absolute atomic E-state index is 13.3. The van der Waals surface area contributed by atoms with Crippen LogP contribution in [0.5, 0.6) is 11.5 Å². The van der Waals surface area contributed by atoms with Crippen LogP contribution in [-0.2, 0) is 14.6 Å². The van der Waals surface area contributed by atoms with Crippen molar-refractivity contribution in [3.05, 3.63) is 53.3 Å². The highest BCUT2D eigenvalue weighted by Gasteiger charge is 2.46. The van der Waals surface area contributed by atoms with Gasteiger partial charge in [0.1, 0.15) is 17.3 Å². The van der Waals surface area contributed by atoms with E-state index in [0.717, 1.165) is 0 Å². The van der Waals surface area contributed by atoms with Crippen LogP contribution in [0.3, 0.4) is 0 Å². The Bertz CT molecular complexity index is 992. The highest BCUT2D eigenvalue weighted by Crippen LogP contribution is 2.37. The van der Waals surface area contributed by atoms with Crippen LogP contribution in [0, 0.1) is 5.82 Å². The molecule has 156 valence electrons. The van der Waals surface area contributed by atoms with E-state index in [0.29, 0.717) is 24.6 Å². The first-order valence-corrected chi connectivity index (χ1v) is 10.7. The molecule has 10 heteroatoms. The highest BCUT2D eigenvalue weighted by molar-refractivity contribution is 7.92. The molecule has 0 unspecified atom stereocenters. The van der Waals surface area contributed by atoms with E-state index < -0.39 is 26.3 Å². The van der Waals surface area contributed by atoms with E-state index in [1.165, 1.54) is 47.9 Å². The summed E-state index contributed by atoms with van der Waals surface area (Å²) in [7, 11) is -3.87. The Kier molecular flexibility index (Phi) is 6.42. The van der Waals surface area contributed by atoms with Gasteiger partial charge in [-0.15, -0.1) is 0 Å². The molecule has 0 aliphatic carbocycles. The van der Waals surface area contributed by atoms with Crippen LogP contribution in [-0.4, -0.2) is 37.4 Å². The van der Waals surface area contributed by atoms with Crippen molar-refractivity contribution in [2.45, 2.75) is 28.9 Å². The van der Waals surface area contributed by atoms with Crippen LogP contribution in [0.4, 0.5) is 4.39 Å². The maximum atomic E-state index is 13.3. The van der Waals surface area contributed by atoms with Gasteiger partial charge in [0.2, 0.25) is 5.91 Å². The zero-order valence-electron chi connectivity index (χ0n) is 15.3.